The van der Waals surface area contributed by atoms with Crippen molar-refractivity contribution in [2.45, 2.75) is 52.7 Å². The normalized spacial score (nSPS) is 17.5. The van der Waals surface area contributed by atoms with Gasteiger partial charge in [0.05, 0.1) is 19.6 Å². The van der Waals surface area contributed by atoms with Crippen LogP contribution in [-0.2, 0) is 4.74 Å². The molecule has 0 saturated heterocycles. The molecule has 0 radical (unpaired) electrons. The van der Waals surface area contributed by atoms with E-state index in [1.165, 1.54) is 0 Å². The maximum absolute atomic E-state index is 9.95. The highest BCUT2D eigenvalue weighted by atomic mass is 16.5. The van der Waals surface area contributed by atoms with Crippen LogP contribution in [0.1, 0.15) is 41.5 Å². The molecule has 1 unspecified atom stereocenters. The van der Waals surface area contributed by atoms with Crippen molar-refractivity contribution < 1.29 is 9.84 Å². The lowest BCUT2D eigenvalue weighted by Crippen LogP contribution is -2.57. The summed E-state index contributed by atoms with van der Waals surface area (Å²) in [5, 5.41) is 9.95. The molecule has 2 nitrogen and oxygen atoms in total. The van der Waals surface area contributed by atoms with Crippen LogP contribution in [-0.4, -0.2) is 31.8 Å². The number of aliphatic hydroxyl groups is 1. The molecule has 0 rings (SSSR count). The second-order valence-corrected chi connectivity index (χ2v) is 5.05. The molecule has 0 spiro atoms. The van der Waals surface area contributed by atoms with Crippen LogP contribution >= 0.6 is 0 Å². The largest absolute Gasteiger partial charge is 0.387 e. The van der Waals surface area contributed by atoms with Gasteiger partial charge in [-0.05, 0) is 26.2 Å². The standard InChI is InChI=1S/C10H22O2.BH3/c1-8(2,3)10(6,12-7)9(4,5)11;/h11H,1-7H3;1H3. The summed E-state index contributed by atoms with van der Waals surface area (Å²) < 4.78 is 5.42. The summed E-state index contributed by atoms with van der Waals surface area (Å²) >= 11 is 0. The van der Waals surface area contributed by atoms with Crippen LogP contribution in [0.4, 0.5) is 0 Å². The van der Waals surface area contributed by atoms with E-state index in [0.717, 1.165) is 0 Å². The highest BCUT2D eigenvalue weighted by Gasteiger charge is 2.48. The molecule has 0 aliphatic carbocycles. The Kier molecular flexibility index (Phi) is 4.77. The van der Waals surface area contributed by atoms with Crippen LogP contribution in [0.5, 0.6) is 0 Å². The quantitative estimate of drug-likeness (QED) is 0.655. The third kappa shape index (κ3) is 2.71. The van der Waals surface area contributed by atoms with Crippen LogP contribution < -0.4 is 0 Å². The number of rotatable bonds is 2. The fraction of sp³-hybridized carbons (Fsp3) is 1.00. The molecular formula is C10H25BO2. The van der Waals surface area contributed by atoms with Gasteiger partial charge in [-0.25, -0.2) is 0 Å². The topological polar surface area (TPSA) is 29.5 Å². The third-order valence-electron chi connectivity index (χ3n) is 3.01. The van der Waals surface area contributed by atoms with Gasteiger partial charge in [-0.2, -0.15) is 0 Å². The number of hydrogen-bond acceptors (Lipinski definition) is 2. The summed E-state index contributed by atoms with van der Waals surface area (Å²) in [6.07, 6.45) is 0. The van der Waals surface area contributed by atoms with Crippen molar-refractivity contribution in [1.29, 1.82) is 0 Å². The minimum absolute atomic E-state index is 0. The predicted octanol–water partition coefficient (Wildman–Crippen LogP) is 1.02. The third-order valence-corrected chi connectivity index (χ3v) is 3.01. The van der Waals surface area contributed by atoms with Crippen molar-refractivity contribution in [1.82, 2.24) is 0 Å². The Hall–Kier alpha value is -0.0151. The summed E-state index contributed by atoms with van der Waals surface area (Å²) in [5.41, 5.74) is -1.44. The van der Waals surface area contributed by atoms with Gasteiger partial charge in [0.2, 0.25) is 0 Å². The van der Waals surface area contributed by atoms with E-state index >= 15 is 0 Å². The van der Waals surface area contributed by atoms with Crippen molar-refractivity contribution in [2.75, 3.05) is 7.11 Å². The monoisotopic (exact) mass is 188 g/mol. The van der Waals surface area contributed by atoms with Gasteiger partial charge in [-0.15, -0.1) is 0 Å². The van der Waals surface area contributed by atoms with Gasteiger partial charge in [0.1, 0.15) is 0 Å². The van der Waals surface area contributed by atoms with Crippen molar-refractivity contribution in [2.24, 2.45) is 5.41 Å². The SMILES string of the molecule is B.COC(C)(C(C)(C)C)C(C)(C)O. The minimum Gasteiger partial charge on any atom is -0.387 e. The lowest BCUT2D eigenvalue weighted by Gasteiger charge is -2.48. The molecule has 13 heavy (non-hydrogen) atoms. The number of methoxy groups -OCH3 is 1. The highest BCUT2D eigenvalue weighted by molar-refractivity contribution is 5.75. The zero-order valence-electron chi connectivity index (χ0n) is 9.36. The average molecular weight is 188 g/mol. The van der Waals surface area contributed by atoms with Crippen LogP contribution in [0.25, 0.3) is 0 Å². The summed E-state index contributed by atoms with van der Waals surface area (Å²) in [6, 6.07) is 0. The van der Waals surface area contributed by atoms with E-state index in [1.807, 2.05) is 6.92 Å². The zero-order valence-corrected chi connectivity index (χ0v) is 9.36. The molecule has 1 atom stereocenters. The van der Waals surface area contributed by atoms with Gasteiger partial charge in [-0.3, -0.25) is 0 Å². The van der Waals surface area contributed by atoms with E-state index in [4.69, 9.17) is 4.74 Å². The molecule has 0 aromatic rings. The molecule has 0 aliphatic heterocycles. The van der Waals surface area contributed by atoms with E-state index in [2.05, 4.69) is 20.8 Å². The fourth-order valence-corrected chi connectivity index (χ4v) is 1.47. The van der Waals surface area contributed by atoms with Crippen molar-refractivity contribution >= 4 is 8.41 Å². The number of hydrogen-bond donors (Lipinski definition) is 1. The maximum atomic E-state index is 9.95. The zero-order chi connectivity index (χ0) is 10.2. The predicted molar refractivity (Wildman–Crippen MR) is 61.1 cm³/mol. The van der Waals surface area contributed by atoms with E-state index < -0.39 is 11.2 Å². The molecule has 0 aromatic carbocycles. The first-order chi connectivity index (χ1) is 5.06. The van der Waals surface area contributed by atoms with Crippen LogP contribution in [0.2, 0.25) is 0 Å². The minimum atomic E-state index is -0.833. The van der Waals surface area contributed by atoms with Gasteiger partial charge in [0.15, 0.2) is 0 Å². The first-order valence-corrected chi connectivity index (χ1v) is 4.34. The lowest BCUT2D eigenvalue weighted by molar-refractivity contribution is -0.193. The van der Waals surface area contributed by atoms with Gasteiger partial charge < -0.3 is 9.84 Å². The first kappa shape index (κ1) is 15.5. The smallest absolute Gasteiger partial charge is 0.0978 e. The molecule has 0 amide bonds. The Balaban J connectivity index is 0. The van der Waals surface area contributed by atoms with E-state index in [9.17, 15) is 5.11 Å². The Morgan fingerprint density at radius 1 is 0.923 bits per heavy atom. The Morgan fingerprint density at radius 2 is 1.23 bits per heavy atom. The van der Waals surface area contributed by atoms with Crippen molar-refractivity contribution in [3.63, 3.8) is 0 Å². The summed E-state index contributed by atoms with van der Waals surface area (Å²) in [7, 11) is 1.64. The van der Waals surface area contributed by atoms with Crippen molar-refractivity contribution in [3.05, 3.63) is 0 Å². The van der Waals surface area contributed by atoms with E-state index in [0.29, 0.717) is 0 Å². The van der Waals surface area contributed by atoms with Crippen LogP contribution in [0.15, 0.2) is 0 Å². The Morgan fingerprint density at radius 3 is 1.23 bits per heavy atom. The molecular weight excluding hydrogens is 163 g/mol. The Labute approximate surface area is 84.3 Å². The summed E-state index contributed by atoms with van der Waals surface area (Å²) in [4.78, 5) is 0. The van der Waals surface area contributed by atoms with Gasteiger partial charge in [0, 0.05) is 7.11 Å². The van der Waals surface area contributed by atoms with Gasteiger partial charge in [0.25, 0.3) is 0 Å². The molecule has 3 heteroatoms. The first-order valence-electron chi connectivity index (χ1n) is 4.34. The molecule has 0 fully saturated rings. The van der Waals surface area contributed by atoms with Crippen LogP contribution in [0.3, 0.4) is 0 Å². The Bertz CT molecular complexity index is 139. The second-order valence-electron chi connectivity index (χ2n) is 5.05. The molecule has 1 N–H and O–H groups in total. The molecule has 0 bridgehead atoms. The molecule has 0 heterocycles. The van der Waals surface area contributed by atoms with Crippen LogP contribution in [0, 0.1) is 5.41 Å². The molecule has 0 aromatic heterocycles. The molecule has 80 valence electrons. The maximum Gasteiger partial charge on any atom is 0.0978 e. The van der Waals surface area contributed by atoms with Gasteiger partial charge >= 0.3 is 0 Å². The van der Waals surface area contributed by atoms with E-state index in [-0.39, 0.29) is 13.8 Å². The second kappa shape index (κ2) is 4.01. The summed E-state index contributed by atoms with van der Waals surface area (Å²) in [6.45, 7) is 11.7. The molecule has 0 saturated carbocycles. The number of ether oxygens (including phenoxy) is 1. The fourth-order valence-electron chi connectivity index (χ4n) is 1.47. The van der Waals surface area contributed by atoms with Gasteiger partial charge in [-0.1, -0.05) is 20.8 Å². The van der Waals surface area contributed by atoms with Crippen molar-refractivity contribution in [3.8, 4) is 0 Å². The molecule has 0 aliphatic rings. The lowest BCUT2D eigenvalue weighted by atomic mass is 9.69. The van der Waals surface area contributed by atoms with E-state index in [1.54, 1.807) is 21.0 Å². The summed E-state index contributed by atoms with van der Waals surface area (Å²) in [5.74, 6) is 0. The average Bonchev–Trinajstić information content (AvgIpc) is 1.81. The highest BCUT2D eigenvalue weighted by Crippen LogP contribution is 2.40.